The molecule has 0 fully saturated rings. The Morgan fingerprint density at radius 2 is 2.29 bits per heavy atom. The molecular weight excluding hydrogens is 124 g/mol. The highest BCUT2D eigenvalue weighted by Crippen LogP contribution is 1.86. The molecule has 0 amide bonds. The lowest BCUT2D eigenvalue weighted by atomic mass is 10.5. The summed E-state index contributed by atoms with van der Waals surface area (Å²) in [6.07, 6.45) is 1.22. The zero-order valence-corrected chi connectivity index (χ0v) is 7.58. The second-order valence-corrected chi connectivity index (χ2v) is 2.65. The molecule has 0 spiro atoms. The van der Waals surface area contributed by atoms with Crippen molar-refractivity contribution in [3.8, 4) is 0 Å². The van der Waals surface area contributed by atoms with E-state index in [0.717, 1.165) is 6.61 Å². The van der Waals surface area contributed by atoms with Crippen molar-refractivity contribution >= 4 is 22.9 Å². The van der Waals surface area contributed by atoms with Crippen LogP contribution >= 0.6 is 12.6 Å². The van der Waals surface area contributed by atoms with Crippen LogP contribution in [0.4, 0.5) is 0 Å². The Bertz CT molecular complexity index is 30.9. The van der Waals surface area contributed by atoms with Crippen LogP contribution in [-0.4, -0.2) is 22.8 Å². The van der Waals surface area contributed by atoms with E-state index in [4.69, 9.17) is 4.74 Å². The lowest BCUT2D eigenvalue weighted by Gasteiger charge is -1.94. The second kappa shape index (κ2) is 6.53. The van der Waals surface area contributed by atoms with Gasteiger partial charge in [0.25, 0.3) is 0 Å². The third kappa shape index (κ3) is 6.53. The molecule has 0 bridgehead atoms. The van der Waals surface area contributed by atoms with Gasteiger partial charge in [-0.2, -0.15) is 12.6 Å². The van der Waals surface area contributed by atoms with Gasteiger partial charge in [0.2, 0.25) is 0 Å². The first kappa shape index (κ1) is 7.53. The third-order valence-corrected chi connectivity index (χ3v) is 1.62. The van der Waals surface area contributed by atoms with Gasteiger partial charge in [-0.3, -0.25) is 0 Å². The average Bonchev–Trinajstić information content (AvgIpc) is 1.69. The van der Waals surface area contributed by atoms with Crippen molar-refractivity contribution in [2.45, 2.75) is 12.5 Å². The molecule has 0 unspecified atom stereocenters. The van der Waals surface area contributed by atoms with Crippen LogP contribution < -0.4 is 0 Å². The standard InChI is InChI=1S/C4H12OSSi/c6-4-5-2-1-3-7/h6H,1-4H2,7H3. The van der Waals surface area contributed by atoms with Crippen LogP contribution in [-0.2, 0) is 4.74 Å². The Labute approximate surface area is 53.3 Å². The molecule has 0 radical (unpaired) electrons. The first-order valence-corrected chi connectivity index (χ1v) is 4.65. The van der Waals surface area contributed by atoms with E-state index in [1.165, 1.54) is 22.7 Å². The van der Waals surface area contributed by atoms with Crippen LogP contribution in [0.1, 0.15) is 6.42 Å². The van der Waals surface area contributed by atoms with E-state index in [1.54, 1.807) is 0 Å². The highest BCUT2D eigenvalue weighted by Gasteiger charge is 1.79. The highest BCUT2D eigenvalue weighted by molar-refractivity contribution is 7.80. The normalized spacial score (nSPS) is 9.86. The van der Waals surface area contributed by atoms with E-state index in [2.05, 4.69) is 12.6 Å². The molecule has 0 aromatic rings. The van der Waals surface area contributed by atoms with E-state index >= 15 is 0 Å². The van der Waals surface area contributed by atoms with Crippen molar-refractivity contribution in [1.82, 2.24) is 0 Å². The zero-order valence-electron chi connectivity index (χ0n) is 4.68. The van der Waals surface area contributed by atoms with Crippen molar-refractivity contribution in [1.29, 1.82) is 0 Å². The summed E-state index contributed by atoms with van der Waals surface area (Å²) in [6.45, 7) is 0.896. The number of ether oxygens (including phenoxy) is 1. The Morgan fingerprint density at radius 3 is 2.71 bits per heavy atom. The fourth-order valence-corrected chi connectivity index (χ4v) is 0.729. The molecule has 44 valence electrons. The molecule has 0 atom stereocenters. The van der Waals surface area contributed by atoms with Crippen LogP contribution in [0.3, 0.4) is 0 Å². The fraction of sp³-hybridized carbons (Fsp3) is 1.00. The minimum absolute atomic E-state index is 0.571. The van der Waals surface area contributed by atoms with Gasteiger partial charge in [0, 0.05) is 16.8 Å². The summed E-state index contributed by atoms with van der Waals surface area (Å²) in [6, 6.07) is 1.34. The SMILES string of the molecule is [SiH3]CCCOCS. The van der Waals surface area contributed by atoms with Crippen LogP contribution in [0, 0.1) is 0 Å². The summed E-state index contributed by atoms with van der Waals surface area (Å²) in [5.74, 6) is 0.571. The van der Waals surface area contributed by atoms with Crippen molar-refractivity contribution in [3.63, 3.8) is 0 Å². The zero-order chi connectivity index (χ0) is 5.54. The largest absolute Gasteiger partial charge is 0.371 e. The predicted molar refractivity (Wildman–Crippen MR) is 39.2 cm³/mol. The van der Waals surface area contributed by atoms with Crippen molar-refractivity contribution in [3.05, 3.63) is 0 Å². The van der Waals surface area contributed by atoms with Crippen LogP contribution in [0.15, 0.2) is 0 Å². The van der Waals surface area contributed by atoms with Gasteiger partial charge in [-0.25, -0.2) is 0 Å². The van der Waals surface area contributed by atoms with Gasteiger partial charge in [-0.15, -0.1) is 0 Å². The van der Waals surface area contributed by atoms with Crippen LogP contribution in [0.5, 0.6) is 0 Å². The first-order valence-electron chi connectivity index (χ1n) is 2.60. The van der Waals surface area contributed by atoms with Crippen molar-refractivity contribution in [2.75, 3.05) is 12.5 Å². The summed E-state index contributed by atoms with van der Waals surface area (Å²) in [5, 5.41) is 0. The van der Waals surface area contributed by atoms with Gasteiger partial charge in [-0.05, 0) is 6.42 Å². The van der Waals surface area contributed by atoms with Gasteiger partial charge in [0.15, 0.2) is 0 Å². The third-order valence-electron chi connectivity index (χ3n) is 0.734. The Hall–Kier alpha value is 0.527. The summed E-state index contributed by atoms with van der Waals surface area (Å²) in [7, 11) is 1.30. The van der Waals surface area contributed by atoms with Gasteiger partial charge >= 0.3 is 0 Å². The minimum atomic E-state index is 0.571. The van der Waals surface area contributed by atoms with Gasteiger partial charge in [0.05, 0.1) is 5.94 Å². The molecule has 0 rings (SSSR count). The van der Waals surface area contributed by atoms with E-state index in [-0.39, 0.29) is 0 Å². The molecule has 0 aromatic heterocycles. The minimum Gasteiger partial charge on any atom is -0.371 e. The van der Waals surface area contributed by atoms with Crippen molar-refractivity contribution in [2.24, 2.45) is 0 Å². The topological polar surface area (TPSA) is 9.23 Å². The van der Waals surface area contributed by atoms with Crippen molar-refractivity contribution < 1.29 is 4.74 Å². The van der Waals surface area contributed by atoms with Gasteiger partial charge < -0.3 is 4.74 Å². The molecule has 7 heavy (non-hydrogen) atoms. The second-order valence-electron chi connectivity index (χ2n) is 1.39. The average molecular weight is 136 g/mol. The maximum absolute atomic E-state index is 4.96. The summed E-state index contributed by atoms with van der Waals surface area (Å²) in [4.78, 5) is 0. The van der Waals surface area contributed by atoms with E-state index < -0.39 is 0 Å². The van der Waals surface area contributed by atoms with E-state index in [9.17, 15) is 0 Å². The molecule has 0 aromatic carbocycles. The molecule has 0 aliphatic rings. The van der Waals surface area contributed by atoms with E-state index in [1.807, 2.05) is 0 Å². The lowest BCUT2D eigenvalue weighted by molar-refractivity contribution is 0.184. The lowest BCUT2D eigenvalue weighted by Crippen LogP contribution is -1.89. The Balaban J connectivity index is 2.45. The Morgan fingerprint density at radius 1 is 1.57 bits per heavy atom. The molecule has 3 heteroatoms. The van der Waals surface area contributed by atoms with Gasteiger partial charge in [0.1, 0.15) is 0 Å². The highest BCUT2D eigenvalue weighted by atomic mass is 32.1. The maximum Gasteiger partial charge on any atom is 0.0892 e. The summed E-state index contributed by atoms with van der Waals surface area (Å²) >= 11 is 3.88. The molecule has 0 saturated carbocycles. The maximum atomic E-state index is 4.96. The molecule has 1 nitrogen and oxygen atoms in total. The van der Waals surface area contributed by atoms with Crippen LogP contribution in [0.25, 0.3) is 0 Å². The quantitative estimate of drug-likeness (QED) is 0.249. The van der Waals surface area contributed by atoms with E-state index in [0.29, 0.717) is 5.94 Å². The molecule has 0 aliphatic heterocycles. The number of hydrogen-bond acceptors (Lipinski definition) is 2. The molecule has 0 saturated heterocycles. The predicted octanol–water partition coefficient (Wildman–Crippen LogP) is 0.0641. The number of hydrogen-bond donors (Lipinski definition) is 1. The van der Waals surface area contributed by atoms with Crippen LogP contribution in [0.2, 0.25) is 6.04 Å². The molecular formula is C4H12OSSi. The van der Waals surface area contributed by atoms with Gasteiger partial charge in [-0.1, -0.05) is 6.04 Å². The number of rotatable bonds is 4. The smallest absolute Gasteiger partial charge is 0.0892 e. The molecule has 0 heterocycles. The summed E-state index contributed by atoms with van der Waals surface area (Å²) in [5.41, 5.74) is 0. The first-order chi connectivity index (χ1) is 3.41. The monoisotopic (exact) mass is 136 g/mol. The Kier molecular flexibility index (Phi) is 7.02. The number of thiol groups is 1. The molecule has 0 aliphatic carbocycles. The summed E-state index contributed by atoms with van der Waals surface area (Å²) < 4.78 is 4.96. The molecule has 0 N–H and O–H groups in total. The fourth-order valence-electron chi connectivity index (χ4n) is 0.311.